The normalized spacial score (nSPS) is 10.8. The summed E-state index contributed by atoms with van der Waals surface area (Å²) in [6.07, 6.45) is 2.63. The van der Waals surface area contributed by atoms with E-state index < -0.39 is 0 Å². The van der Waals surface area contributed by atoms with Gasteiger partial charge in [-0.25, -0.2) is 0 Å². The largest absolute Gasteiger partial charge is 0.343 e. The van der Waals surface area contributed by atoms with Crippen molar-refractivity contribution in [3.05, 3.63) is 71.9 Å². The lowest BCUT2D eigenvalue weighted by Crippen LogP contribution is -2.00. The van der Waals surface area contributed by atoms with E-state index in [-0.39, 0.29) is 5.78 Å². The summed E-state index contributed by atoms with van der Waals surface area (Å²) in [5.74, 6) is 0.194. The van der Waals surface area contributed by atoms with Crippen LogP contribution >= 0.6 is 0 Å². The van der Waals surface area contributed by atoms with E-state index in [4.69, 9.17) is 0 Å². The minimum absolute atomic E-state index is 0.194. The summed E-state index contributed by atoms with van der Waals surface area (Å²) in [5.41, 5.74) is 3.18. The molecule has 0 unspecified atom stereocenters. The highest BCUT2D eigenvalue weighted by molar-refractivity contribution is 5.99. The molecule has 3 rings (SSSR count). The van der Waals surface area contributed by atoms with Crippen molar-refractivity contribution >= 4 is 16.7 Å². The minimum atomic E-state index is 0.194. The van der Waals surface area contributed by atoms with Gasteiger partial charge in [-0.2, -0.15) is 0 Å². The number of hydrogen-bond donors (Lipinski definition) is 0. The van der Waals surface area contributed by atoms with Gasteiger partial charge in [0.05, 0.1) is 0 Å². The third kappa shape index (κ3) is 2.37. The fraction of sp³-hybridized carbons (Fsp3) is 0.167. The highest BCUT2D eigenvalue weighted by Crippen LogP contribution is 2.20. The molecule has 0 bridgehead atoms. The second-order valence-electron chi connectivity index (χ2n) is 4.98. The first-order chi connectivity index (χ1) is 9.78. The van der Waals surface area contributed by atoms with Crippen LogP contribution in [0.5, 0.6) is 0 Å². The van der Waals surface area contributed by atoms with E-state index >= 15 is 0 Å². The van der Waals surface area contributed by atoms with Crippen LogP contribution in [0.2, 0.25) is 0 Å². The monoisotopic (exact) mass is 263 g/mol. The molecule has 0 saturated heterocycles. The van der Waals surface area contributed by atoms with Gasteiger partial charge in [-0.05, 0) is 23.1 Å². The number of benzene rings is 2. The van der Waals surface area contributed by atoms with E-state index in [2.05, 4.69) is 29.0 Å². The molecule has 100 valence electrons. The molecule has 2 aromatic carbocycles. The van der Waals surface area contributed by atoms with Crippen molar-refractivity contribution in [2.24, 2.45) is 0 Å². The van der Waals surface area contributed by atoms with Gasteiger partial charge in [-0.3, -0.25) is 4.79 Å². The van der Waals surface area contributed by atoms with Crippen LogP contribution in [0.15, 0.2) is 60.8 Å². The Labute approximate surface area is 118 Å². The Hall–Kier alpha value is -2.35. The summed E-state index contributed by atoms with van der Waals surface area (Å²) < 4.78 is 2.19. The van der Waals surface area contributed by atoms with Gasteiger partial charge in [0.15, 0.2) is 5.78 Å². The Bertz CT molecular complexity index is 740. The maximum Gasteiger partial charge on any atom is 0.162 e. The van der Waals surface area contributed by atoms with Crippen LogP contribution in [0.4, 0.5) is 0 Å². The van der Waals surface area contributed by atoms with Gasteiger partial charge < -0.3 is 4.57 Å². The molecule has 0 aliphatic rings. The second kappa shape index (κ2) is 5.33. The molecule has 1 heterocycles. The van der Waals surface area contributed by atoms with Crippen molar-refractivity contribution < 1.29 is 4.79 Å². The summed E-state index contributed by atoms with van der Waals surface area (Å²) in [7, 11) is 0. The smallest absolute Gasteiger partial charge is 0.162 e. The Morgan fingerprint density at radius 2 is 1.85 bits per heavy atom. The molecule has 0 radical (unpaired) electrons. The molecule has 3 aromatic rings. The van der Waals surface area contributed by atoms with E-state index in [1.54, 1.807) is 0 Å². The van der Waals surface area contributed by atoms with Gasteiger partial charge in [0, 0.05) is 30.2 Å². The molecule has 0 fully saturated rings. The Kier molecular flexibility index (Phi) is 3.38. The summed E-state index contributed by atoms with van der Waals surface area (Å²) in [6.45, 7) is 2.73. The lowest BCUT2D eigenvalue weighted by molar-refractivity contribution is 0.0988. The molecule has 0 N–H and O–H groups in total. The SMILES string of the molecule is CCC(=O)c1ccc2ccn(Cc3ccccc3)c2c1. The highest BCUT2D eigenvalue weighted by atomic mass is 16.1. The topological polar surface area (TPSA) is 22.0 Å². The van der Waals surface area contributed by atoms with Crippen LogP contribution in [-0.2, 0) is 6.54 Å². The quantitative estimate of drug-likeness (QED) is 0.644. The predicted octanol–water partition coefficient (Wildman–Crippen LogP) is 4.28. The van der Waals surface area contributed by atoms with Crippen molar-refractivity contribution in [1.29, 1.82) is 0 Å². The molecule has 0 spiro atoms. The third-order valence-electron chi connectivity index (χ3n) is 3.61. The molecular formula is C18H17NO. The van der Waals surface area contributed by atoms with E-state index in [9.17, 15) is 4.79 Å². The summed E-state index contributed by atoms with van der Waals surface area (Å²) in [6, 6.07) is 18.4. The third-order valence-corrected chi connectivity index (χ3v) is 3.61. The maximum atomic E-state index is 11.8. The summed E-state index contributed by atoms with van der Waals surface area (Å²) in [4.78, 5) is 11.8. The van der Waals surface area contributed by atoms with E-state index in [1.807, 2.05) is 43.3 Å². The molecule has 0 aliphatic carbocycles. The number of aromatic nitrogens is 1. The fourth-order valence-electron chi connectivity index (χ4n) is 2.48. The van der Waals surface area contributed by atoms with E-state index in [0.29, 0.717) is 6.42 Å². The van der Waals surface area contributed by atoms with E-state index in [0.717, 1.165) is 17.6 Å². The van der Waals surface area contributed by atoms with Crippen molar-refractivity contribution in [1.82, 2.24) is 4.57 Å². The molecular weight excluding hydrogens is 246 g/mol. The molecule has 0 amide bonds. The number of ketones is 1. The molecule has 20 heavy (non-hydrogen) atoms. The Morgan fingerprint density at radius 3 is 2.60 bits per heavy atom. The molecule has 0 saturated carbocycles. The van der Waals surface area contributed by atoms with Crippen molar-refractivity contribution in [3.8, 4) is 0 Å². The lowest BCUT2D eigenvalue weighted by atomic mass is 10.1. The summed E-state index contributed by atoms with van der Waals surface area (Å²) >= 11 is 0. The molecule has 2 nitrogen and oxygen atoms in total. The minimum Gasteiger partial charge on any atom is -0.343 e. The number of hydrogen-bond acceptors (Lipinski definition) is 1. The number of carbonyl (C=O) groups is 1. The molecule has 0 atom stereocenters. The van der Waals surface area contributed by atoms with Gasteiger partial charge in [-0.15, -0.1) is 0 Å². The van der Waals surface area contributed by atoms with Crippen LogP contribution < -0.4 is 0 Å². The van der Waals surface area contributed by atoms with Crippen molar-refractivity contribution in [3.63, 3.8) is 0 Å². The molecule has 2 heteroatoms. The fourth-order valence-corrected chi connectivity index (χ4v) is 2.48. The van der Waals surface area contributed by atoms with E-state index in [1.165, 1.54) is 10.9 Å². The molecule has 0 aliphatic heterocycles. The maximum absolute atomic E-state index is 11.8. The van der Waals surface area contributed by atoms with Gasteiger partial charge in [0.2, 0.25) is 0 Å². The van der Waals surface area contributed by atoms with Crippen LogP contribution in [0.1, 0.15) is 29.3 Å². The zero-order chi connectivity index (χ0) is 13.9. The number of nitrogens with zero attached hydrogens (tertiary/aromatic N) is 1. The average molecular weight is 263 g/mol. The first-order valence-electron chi connectivity index (χ1n) is 6.94. The number of carbonyl (C=O) groups excluding carboxylic acids is 1. The summed E-state index contributed by atoms with van der Waals surface area (Å²) in [5, 5.41) is 1.17. The average Bonchev–Trinajstić information content (AvgIpc) is 2.90. The lowest BCUT2D eigenvalue weighted by Gasteiger charge is -2.07. The number of fused-ring (bicyclic) bond motifs is 1. The highest BCUT2D eigenvalue weighted by Gasteiger charge is 2.07. The second-order valence-corrected chi connectivity index (χ2v) is 4.98. The zero-order valence-corrected chi connectivity index (χ0v) is 11.5. The number of rotatable bonds is 4. The van der Waals surface area contributed by atoms with Gasteiger partial charge in [0.1, 0.15) is 0 Å². The van der Waals surface area contributed by atoms with Crippen molar-refractivity contribution in [2.75, 3.05) is 0 Å². The Balaban J connectivity index is 2.01. The zero-order valence-electron chi connectivity index (χ0n) is 11.5. The van der Waals surface area contributed by atoms with Crippen LogP contribution in [-0.4, -0.2) is 10.4 Å². The molecule has 1 aromatic heterocycles. The first kappa shape index (κ1) is 12.7. The predicted molar refractivity (Wildman–Crippen MR) is 82.1 cm³/mol. The first-order valence-corrected chi connectivity index (χ1v) is 6.94. The van der Waals surface area contributed by atoms with Crippen LogP contribution in [0.25, 0.3) is 10.9 Å². The van der Waals surface area contributed by atoms with Crippen molar-refractivity contribution in [2.45, 2.75) is 19.9 Å². The standard InChI is InChI=1S/C18H17NO/c1-2-18(20)16-9-8-15-10-11-19(17(15)12-16)13-14-6-4-3-5-7-14/h3-12H,2,13H2,1H3. The van der Waals surface area contributed by atoms with Gasteiger partial charge in [-0.1, -0.05) is 49.4 Å². The van der Waals surface area contributed by atoms with Crippen LogP contribution in [0, 0.1) is 0 Å². The number of Topliss-reactive ketones (excluding diaryl/α,β-unsaturated/α-hetero) is 1. The Morgan fingerprint density at radius 1 is 1.05 bits per heavy atom. The van der Waals surface area contributed by atoms with Gasteiger partial charge in [0.25, 0.3) is 0 Å². The van der Waals surface area contributed by atoms with Gasteiger partial charge >= 0.3 is 0 Å². The van der Waals surface area contributed by atoms with Crippen LogP contribution in [0.3, 0.4) is 0 Å².